The molecule has 1 amide bonds. The van der Waals surface area contributed by atoms with E-state index in [9.17, 15) is 4.79 Å². The zero-order valence-electron chi connectivity index (χ0n) is 16.7. The Balaban J connectivity index is 2.13. The molecule has 2 N–H and O–H groups in total. The first kappa shape index (κ1) is 20.1. The lowest BCUT2D eigenvalue weighted by Gasteiger charge is -2.43. The SMILES string of the molecule is CC(C)(C)[Si](OCc1ccccc1C(N)=O)(c1ccccc1)c1ccccc1. The van der Waals surface area contributed by atoms with E-state index in [-0.39, 0.29) is 5.04 Å². The Morgan fingerprint density at radius 2 is 1.29 bits per heavy atom. The summed E-state index contributed by atoms with van der Waals surface area (Å²) in [5, 5.41) is 2.31. The van der Waals surface area contributed by atoms with Crippen LogP contribution in [0.5, 0.6) is 0 Å². The lowest BCUT2D eigenvalue weighted by Crippen LogP contribution is -2.66. The molecule has 3 nitrogen and oxygen atoms in total. The predicted octanol–water partition coefficient (Wildman–Crippen LogP) is 3.86. The van der Waals surface area contributed by atoms with Crippen molar-refractivity contribution in [1.29, 1.82) is 0 Å². The molecule has 3 aromatic carbocycles. The number of hydrogen-bond acceptors (Lipinski definition) is 2. The molecule has 0 unspecified atom stereocenters. The fourth-order valence-corrected chi connectivity index (χ4v) is 8.36. The van der Waals surface area contributed by atoms with Crippen LogP contribution in [0.15, 0.2) is 84.9 Å². The maximum Gasteiger partial charge on any atom is 0.261 e. The average Bonchev–Trinajstić information content (AvgIpc) is 2.69. The minimum Gasteiger partial charge on any atom is -0.403 e. The van der Waals surface area contributed by atoms with E-state index >= 15 is 0 Å². The second-order valence-corrected chi connectivity index (χ2v) is 12.3. The van der Waals surface area contributed by atoms with Gasteiger partial charge in [0.1, 0.15) is 0 Å². The van der Waals surface area contributed by atoms with Crippen LogP contribution in [0.1, 0.15) is 36.7 Å². The number of carbonyl (C=O) groups is 1. The number of rotatable bonds is 6. The minimum absolute atomic E-state index is 0.114. The summed E-state index contributed by atoms with van der Waals surface area (Å²) in [6.45, 7) is 7.05. The number of benzene rings is 3. The van der Waals surface area contributed by atoms with Crippen LogP contribution in [0.2, 0.25) is 5.04 Å². The molecule has 0 radical (unpaired) electrons. The third kappa shape index (κ3) is 3.79. The maximum atomic E-state index is 11.9. The summed E-state index contributed by atoms with van der Waals surface area (Å²) in [5.74, 6) is -0.429. The number of hydrogen-bond donors (Lipinski definition) is 1. The van der Waals surface area contributed by atoms with Crippen molar-refractivity contribution in [2.45, 2.75) is 32.4 Å². The monoisotopic (exact) mass is 389 g/mol. The molecule has 0 aliphatic heterocycles. The van der Waals surface area contributed by atoms with Gasteiger partial charge < -0.3 is 10.2 Å². The summed E-state index contributed by atoms with van der Waals surface area (Å²) in [6, 6.07) is 28.3. The third-order valence-corrected chi connectivity index (χ3v) is 10.1. The van der Waals surface area contributed by atoms with E-state index in [4.69, 9.17) is 10.2 Å². The topological polar surface area (TPSA) is 52.3 Å². The summed E-state index contributed by atoms with van der Waals surface area (Å²) in [4.78, 5) is 11.9. The van der Waals surface area contributed by atoms with Crippen LogP contribution in [-0.2, 0) is 11.0 Å². The van der Waals surface area contributed by atoms with Gasteiger partial charge in [-0.15, -0.1) is 0 Å². The molecule has 0 heterocycles. The van der Waals surface area contributed by atoms with Crippen molar-refractivity contribution in [1.82, 2.24) is 0 Å². The quantitative estimate of drug-likeness (QED) is 0.651. The van der Waals surface area contributed by atoms with Gasteiger partial charge in [0.05, 0.1) is 6.61 Å². The van der Waals surface area contributed by atoms with Gasteiger partial charge in [-0.2, -0.15) is 0 Å². The number of amides is 1. The van der Waals surface area contributed by atoms with Crippen LogP contribution < -0.4 is 16.1 Å². The fourth-order valence-electron chi connectivity index (χ4n) is 3.83. The number of primary amides is 1. The standard InChI is InChI=1S/C24H27NO2Si/c1-24(2,3)28(20-13-6-4-7-14-20,21-15-8-5-9-16-21)27-18-19-12-10-11-17-22(19)23(25)26/h4-17H,18H2,1-3H3,(H2,25,26). The second-order valence-electron chi connectivity index (χ2n) is 7.97. The van der Waals surface area contributed by atoms with Gasteiger partial charge in [-0.25, -0.2) is 0 Å². The minimum atomic E-state index is -2.64. The van der Waals surface area contributed by atoms with Gasteiger partial charge in [0.25, 0.3) is 8.32 Å². The molecule has 0 aromatic heterocycles. The molecule has 0 aliphatic rings. The van der Waals surface area contributed by atoms with E-state index < -0.39 is 14.2 Å². The largest absolute Gasteiger partial charge is 0.403 e. The maximum absolute atomic E-state index is 11.9. The van der Waals surface area contributed by atoms with Gasteiger partial charge in [-0.3, -0.25) is 4.79 Å². The van der Waals surface area contributed by atoms with Gasteiger partial charge in [0.2, 0.25) is 5.91 Å². The zero-order chi connectivity index (χ0) is 20.2. The van der Waals surface area contributed by atoms with Crippen molar-refractivity contribution in [2.24, 2.45) is 5.73 Å². The lowest BCUT2D eigenvalue weighted by molar-refractivity contribution is 0.0997. The van der Waals surface area contributed by atoms with Gasteiger partial charge in [0.15, 0.2) is 0 Å². The Labute approximate surface area is 168 Å². The molecular weight excluding hydrogens is 362 g/mol. The van der Waals surface area contributed by atoms with Crippen LogP contribution in [0, 0.1) is 0 Å². The van der Waals surface area contributed by atoms with Gasteiger partial charge in [-0.05, 0) is 27.0 Å². The van der Waals surface area contributed by atoms with Crippen molar-refractivity contribution in [2.75, 3.05) is 0 Å². The van der Waals surface area contributed by atoms with Crippen LogP contribution >= 0.6 is 0 Å². The highest BCUT2D eigenvalue weighted by atomic mass is 28.4. The van der Waals surface area contributed by atoms with Crippen molar-refractivity contribution in [3.63, 3.8) is 0 Å². The van der Waals surface area contributed by atoms with Crippen LogP contribution in [0.3, 0.4) is 0 Å². The molecule has 3 aromatic rings. The smallest absolute Gasteiger partial charge is 0.261 e. The van der Waals surface area contributed by atoms with E-state index in [1.165, 1.54) is 10.4 Å². The summed E-state index contributed by atoms with van der Waals surface area (Å²) in [5.41, 5.74) is 6.92. The Kier molecular flexibility index (Phi) is 5.82. The molecule has 144 valence electrons. The molecular formula is C24H27NO2Si. The first-order valence-electron chi connectivity index (χ1n) is 9.49. The van der Waals surface area contributed by atoms with Crippen LogP contribution in [0.4, 0.5) is 0 Å². The molecule has 0 fully saturated rings. The average molecular weight is 390 g/mol. The summed E-state index contributed by atoms with van der Waals surface area (Å²) >= 11 is 0. The van der Waals surface area contributed by atoms with E-state index in [0.717, 1.165) is 5.56 Å². The highest BCUT2D eigenvalue weighted by molar-refractivity contribution is 6.99. The summed E-state index contributed by atoms with van der Waals surface area (Å²) < 4.78 is 6.87. The van der Waals surface area contributed by atoms with E-state index in [1.807, 2.05) is 30.3 Å². The van der Waals surface area contributed by atoms with Crippen LogP contribution in [-0.4, -0.2) is 14.2 Å². The Hall–Kier alpha value is -2.69. The molecule has 3 rings (SSSR count). The Morgan fingerprint density at radius 3 is 1.75 bits per heavy atom. The molecule has 0 aliphatic carbocycles. The zero-order valence-corrected chi connectivity index (χ0v) is 17.7. The molecule has 0 saturated carbocycles. The Bertz CT molecular complexity index is 894. The summed E-state index contributed by atoms with van der Waals surface area (Å²) in [6.07, 6.45) is 0. The third-order valence-electron chi connectivity index (χ3n) is 5.14. The Morgan fingerprint density at radius 1 is 0.821 bits per heavy atom. The van der Waals surface area contributed by atoms with Crippen molar-refractivity contribution >= 4 is 24.6 Å². The van der Waals surface area contributed by atoms with Gasteiger partial charge in [-0.1, -0.05) is 99.6 Å². The van der Waals surface area contributed by atoms with Gasteiger partial charge >= 0.3 is 0 Å². The van der Waals surface area contributed by atoms with Gasteiger partial charge in [0, 0.05) is 5.56 Å². The molecule has 0 bridgehead atoms. The number of nitrogens with two attached hydrogens (primary N) is 1. The van der Waals surface area contributed by atoms with Crippen molar-refractivity contribution < 1.29 is 9.22 Å². The predicted molar refractivity (Wildman–Crippen MR) is 117 cm³/mol. The molecule has 4 heteroatoms. The first-order chi connectivity index (χ1) is 13.4. The van der Waals surface area contributed by atoms with E-state index in [2.05, 4.69) is 69.3 Å². The molecule has 28 heavy (non-hydrogen) atoms. The fraction of sp³-hybridized carbons (Fsp3) is 0.208. The molecule has 0 saturated heterocycles. The highest BCUT2D eigenvalue weighted by Crippen LogP contribution is 2.37. The summed E-state index contributed by atoms with van der Waals surface area (Å²) in [7, 11) is -2.64. The van der Waals surface area contributed by atoms with E-state index in [1.54, 1.807) is 6.07 Å². The highest BCUT2D eigenvalue weighted by Gasteiger charge is 2.50. The molecule has 0 atom stereocenters. The van der Waals surface area contributed by atoms with E-state index in [0.29, 0.717) is 12.2 Å². The second kappa shape index (κ2) is 8.13. The van der Waals surface area contributed by atoms with Crippen molar-refractivity contribution in [3.8, 4) is 0 Å². The van der Waals surface area contributed by atoms with Crippen LogP contribution in [0.25, 0.3) is 0 Å². The first-order valence-corrected chi connectivity index (χ1v) is 11.4. The number of carbonyl (C=O) groups excluding carboxylic acids is 1. The molecule has 0 spiro atoms. The lowest BCUT2D eigenvalue weighted by atomic mass is 10.1. The van der Waals surface area contributed by atoms with Crippen molar-refractivity contribution in [3.05, 3.63) is 96.1 Å². The normalized spacial score (nSPS) is 12.0.